The van der Waals surface area contributed by atoms with Crippen LogP contribution in [0.3, 0.4) is 0 Å². The molecule has 0 saturated heterocycles. The molecule has 2 rings (SSSR count). The Morgan fingerprint density at radius 2 is 2.23 bits per heavy atom. The fourth-order valence-corrected chi connectivity index (χ4v) is 2.34. The molecule has 0 N–H and O–H groups in total. The number of hydrogen-bond acceptors (Lipinski definition) is 2. The van der Waals surface area contributed by atoms with Crippen molar-refractivity contribution in [3.8, 4) is 5.75 Å². The third kappa shape index (κ3) is 1.48. The van der Waals surface area contributed by atoms with Crippen molar-refractivity contribution in [1.82, 2.24) is 0 Å². The lowest BCUT2D eigenvalue weighted by molar-refractivity contribution is 0.394. The molecule has 1 heterocycles. The Bertz CT molecular complexity index is 358. The molecule has 0 saturated carbocycles. The zero-order chi connectivity index (χ0) is 9.42. The Balaban J connectivity index is 2.48. The Kier molecular flexibility index (Phi) is 2.12. The number of ether oxygens (including phenoxy) is 1. The average Bonchev–Trinajstić information content (AvgIpc) is 2.47. The van der Waals surface area contributed by atoms with Crippen molar-refractivity contribution in [3.05, 3.63) is 23.8 Å². The third-order valence-corrected chi connectivity index (χ3v) is 3.34. The highest BCUT2D eigenvalue weighted by molar-refractivity contribution is 7.85. The first-order valence-corrected chi connectivity index (χ1v) is 5.65. The van der Waals surface area contributed by atoms with Crippen LogP contribution in [0, 0.1) is 0 Å². The maximum absolute atomic E-state index is 11.4. The van der Waals surface area contributed by atoms with Crippen LogP contribution < -0.4 is 4.74 Å². The summed E-state index contributed by atoms with van der Waals surface area (Å²) in [5.74, 6) is 1.57. The van der Waals surface area contributed by atoms with Crippen LogP contribution in [-0.2, 0) is 10.8 Å². The van der Waals surface area contributed by atoms with E-state index >= 15 is 0 Å². The molecule has 1 aromatic rings. The predicted octanol–water partition coefficient (Wildman–Crippen LogP) is 2.27. The van der Waals surface area contributed by atoms with Crippen molar-refractivity contribution >= 4 is 10.8 Å². The van der Waals surface area contributed by atoms with Crippen LogP contribution in [-0.4, -0.2) is 10.1 Å². The summed E-state index contributed by atoms with van der Waals surface area (Å²) in [5, 5.41) is 0. The summed E-state index contributed by atoms with van der Waals surface area (Å²) in [6.45, 7) is 4.25. The van der Waals surface area contributed by atoms with Crippen LogP contribution in [0.4, 0.5) is 0 Å². The van der Waals surface area contributed by atoms with Crippen molar-refractivity contribution in [2.24, 2.45) is 0 Å². The minimum absolute atomic E-state index is 0.316. The molecule has 0 fully saturated rings. The van der Waals surface area contributed by atoms with Crippen molar-refractivity contribution < 1.29 is 8.95 Å². The molecule has 70 valence electrons. The first-order chi connectivity index (χ1) is 6.18. The van der Waals surface area contributed by atoms with Gasteiger partial charge in [0.25, 0.3) is 0 Å². The van der Waals surface area contributed by atoms with E-state index in [1.807, 2.05) is 18.2 Å². The summed E-state index contributed by atoms with van der Waals surface area (Å²) in [6.07, 6.45) is 0. The summed E-state index contributed by atoms with van der Waals surface area (Å²) in [7, 11) is -0.947. The average molecular weight is 196 g/mol. The van der Waals surface area contributed by atoms with Gasteiger partial charge in [-0.05, 0) is 23.6 Å². The molecule has 0 bridgehead atoms. The summed E-state index contributed by atoms with van der Waals surface area (Å²) in [5.41, 5.74) is 1.22. The van der Waals surface area contributed by atoms with Crippen molar-refractivity contribution in [3.63, 3.8) is 0 Å². The maximum Gasteiger partial charge on any atom is 0.167 e. The molecule has 0 radical (unpaired) electrons. The molecule has 0 amide bonds. The van der Waals surface area contributed by atoms with Gasteiger partial charge in [-0.1, -0.05) is 19.9 Å². The summed E-state index contributed by atoms with van der Waals surface area (Å²) < 4.78 is 16.7. The molecule has 1 aromatic carbocycles. The molecule has 1 aliphatic heterocycles. The summed E-state index contributed by atoms with van der Waals surface area (Å²) in [4.78, 5) is 0.853. The maximum atomic E-state index is 11.4. The van der Waals surface area contributed by atoms with E-state index in [9.17, 15) is 4.21 Å². The Morgan fingerprint density at radius 3 is 2.92 bits per heavy atom. The molecule has 1 unspecified atom stereocenters. The second-order valence-corrected chi connectivity index (χ2v) is 4.84. The van der Waals surface area contributed by atoms with Gasteiger partial charge < -0.3 is 4.74 Å². The highest BCUT2D eigenvalue weighted by Gasteiger charge is 2.20. The second kappa shape index (κ2) is 3.14. The van der Waals surface area contributed by atoms with Crippen LogP contribution in [0.15, 0.2) is 23.1 Å². The molecular weight excluding hydrogens is 184 g/mol. The molecule has 2 nitrogen and oxygen atoms in total. The molecule has 13 heavy (non-hydrogen) atoms. The topological polar surface area (TPSA) is 26.3 Å². The fourth-order valence-electron chi connectivity index (χ4n) is 1.36. The molecule has 1 atom stereocenters. The molecular formula is C10H12O2S. The predicted molar refractivity (Wildman–Crippen MR) is 52.4 cm³/mol. The van der Waals surface area contributed by atoms with Crippen molar-refractivity contribution in [2.45, 2.75) is 24.7 Å². The van der Waals surface area contributed by atoms with Gasteiger partial charge in [-0.2, -0.15) is 0 Å². The van der Waals surface area contributed by atoms with E-state index < -0.39 is 10.8 Å². The van der Waals surface area contributed by atoms with Gasteiger partial charge in [0.1, 0.15) is 5.75 Å². The SMILES string of the molecule is CC(C)c1ccc2c(c1)S(=O)CO2. The van der Waals surface area contributed by atoms with E-state index in [1.165, 1.54) is 5.56 Å². The van der Waals surface area contributed by atoms with Crippen LogP contribution in [0.1, 0.15) is 25.3 Å². The highest BCUT2D eigenvalue weighted by atomic mass is 32.2. The molecule has 0 aliphatic carbocycles. The van der Waals surface area contributed by atoms with Gasteiger partial charge in [0.05, 0.1) is 15.7 Å². The number of rotatable bonds is 1. The Labute approximate surface area is 80.4 Å². The lowest BCUT2D eigenvalue weighted by Gasteiger charge is -2.05. The molecule has 0 spiro atoms. The van der Waals surface area contributed by atoms with Crippen molar-refractivity contribution in [2.75, 3.05) is 5.94 Å². The normalized spacial score (nSPS) is 20.1. The number of fused-ring (bicyclic) bond motifs is 1. The lowest BCUT2D eigenvalue weighted by Crippen LogP contribution is -1.92. The third-order valence-electron chi connectivity index (χ3n) is 2.20. The largest absolute Gasteiger partial charge is 0.479 e. The minimum atomic E-state index is -0.947. The Hall–Kier alpha value is -0.830. The van der Waals surface area contributed by atoms with Crippen molar-refractivity contribution in [1.29, 1.82) is 0 Å². The lowest BCUT2D eigenvalue weighted by atomic mass is 10.0. The van der Waals surface area contributed by atoms with E-state index in [1.54, 1.807) is 0 Å². The second-order valence-electron chi connectivity index (χ2n) is 3.47. The first kappa shape index (κ1) is 8.75. The molecule has 1 aliphatic rings. The van der Waals surface area contributed by atoms with E-state index in [4.69, 9.17) is 4.74 Å². The minimum Gasteiger partial charge on any atom is -0.479 e. The van der Waals surface area contributed by atoms with Gasteiger partial charge in [0.2, 0.25) is 0 Å². The van der Waals surface area contributed by atoms with E-state index in [2.05, 4.69) is 13.8 Å². The van der Waals surface area contributed by atoms with Gasteiger partial charge in [0, 0.05) is 0 Å². The quantitative estimate of drug-likeness (QED) is 0.688. The van der Waals surface area contributed by atoms with Gasteiger partial charge >= 0.3 is 0 Å². The van der Waals surface area contributed by atoms with Crippen LogP contribution in [0.25, 0.3) is 0 Å². The van der Waals surface area contributed by atoms with Gasteiger partial charge in [0.15, 0.2) is 5.94 Å². The van der Waals surface area contributed by atoms with E-state index in [-0.39, 0.29) is 0 Å². The summed E-state index contributed by atoms with van der Waals surface area (Å²) >= 11 is 0. The monoisotopic (exact) mass is 196 g/mol. The summed E-state index contributed by atoms with van der Waals surface area (Å²) in [6, 6.07) is 5.94. The van der Waals surface area contributed by atoms with Gasteiger partial charge in [-0.3, -0.25) is 4.21 Å². The zero-order valence-electron chi connectivity index (χ0n) is 7.74. The van der Waals surface area contributed by atoms with E-state index in [0.29, 0.717) is 11.9 Å². The smallest absolute Gasteiger partial charge is 0.167 e. The highest BCUT2D eigenvalue weighted by Crippen LogP contribution is 2.31. The van der Waals surface area contributed by atoms with Gasteiger partial charge in [-0.25, -0.2) is 0 Å². The van der Waals surface area contributed by atoms with Crippen LogP contribution in [0.2, 0.25) is 0 Å². The number of benzene rings is 1. The van der Waals surface area contributed by atoms with E-state index in [0.717, 1.165) is 10.6 Å². The Morgan fingerprint density at radius 1 is 1.46 bits per heavy atom. The molecule has 0 aromatic heterocycles. The standard InChI is InChI=1S/C10H12O2S/c1-7(2)8-3-4-9-10(5-8)13(11)6-12-9/h3-5,7H,6H2,1-2H3. The van der Waals surface area contributed by atoms with Crippen LogP contribution >= 0.6 is 0 Å². The molecule has 3 heteroatoms. The fraction of sp³-hybridized carbons (Fsp3) is 0.400. The van der Waals surface area contributed by atoms with Gasteiger partial charge in [-0.15, -0.1) is 0 Å². The number of hydrogen-bond donors (Lipinski definition) is 0. The zero-order valence-corrected chi connectivity index (χ0v) is 8.56. The first-order valence-electron chi connectivity index (χ1n) is 4.33. The van der Waals surface area contributed by atoms with Crippen LogP contribution in [0.5, 0.6) is 5.75 Å².